The first-order valence-corrected chi connectivity index (χ1v) is 10.3. The van der Waals surface area contributed by atoms with E-state index in [1.807, 2.05) is 0 Å². The van der Waals surface area contributed by atoms with Crippen LogP contribution in [0.15, 0.2) is 121 Å². The van der Waals surface area contributed by atoms with Gasteiger partial charge in [0, 0.05) is 0 Å². The van der Waals surface area contributed by atoms with Crippen LogP contribution in [0.25, 0.3) is 0 Å². The molecule has 0 fully saturated rings. The third-order valence-electron chi connectivity index (χ3n) is 4.04. The predicted molar refractivity (Wildman–Crippen MR) is 123 cm³/mol. The van der Waals surface area contributed by atoms with E-state index in [1.165, 1.54) is 48.5 Å². The number of carbonyl (C=O) groups is 4. The molecule has 0 aromatic heterocycles. The predicted octanol–water partition coefficient (Wildman–Crippen LogP) is 0.200. The van der Waals surface area contributed by atoms with Crippen molar-refractivity contribution in [2.75, 3.05) is 0 Å². The maximum atomic E-state index is 10.1. The minimum atomic E-state index is -1.13. The Kier molecular flexibility index (Phi) is 13.1. The van der Waals surface area contributed by atoms with E-state index in [0.717, 1.165) is 0 Å². The first-order chi connectivity index (χ1) is 17.2. The van der Waals surface area contributed by atoms with Crippen molar-refractivity contribution in [2.24, 2.45) is 0 Å². The number of hydrogen-bond acceptors (Lipinski definition) is 8. The lowest BCUT2D eigenvalue weighted by molar-refractivity contribution is -0.256. The minimum absolute atomic E-state index is 0.220. The molecule has 4 rings (SSSR count). The molecular weight excluding hydrogens is 464 g/mol. The molecule has 4 aromatic rings. The number of carboxylic acids is 4. The van der Waals surface area contributed by atoms with Crippen molar-refractivity contribution in [1.29, 1.82) is 0 Å². The van der Waals surface area contributed by atoms with Crippen LogP contribution in [0.5, 0.6) is 0 Å². The molecule has 8 nitrogen and oxygen atoms in total. The van der Waals surface area contributed by atoms with Crippen LogP contribution in [0.3, 0.4) is 0 Å². The second kappa shape index (κ2) is 16.4. The highest BCUT2D eigenvalue weighted by atomic mass is 16.4. The molecule has 4 aromatic carbocycles. The third-order valence-corrected chi connectivity index (χ3v) is 4.04. The molecule has 36 heavy (non-hydrogen) atoms. The molecule has 0 radical (unpaired) electrons. The average Bonchev–Trinajstić information content (AvgIpc) is 2.92. The summed E-state index contributed by atoms with van der Waals surface area (Å²) in [5.74, 6) is -4.52. The van der Waals surface area contributed by atoms with E-state index >= 15 is 0 Å². The summed E-state index contributed by atoms with van der Waals surface area (Å²) in [5, 5.41) is 40.4. The Morgan fingerprint density at radius 1 is 0.306 bits per heavy atom. The number of rotatable bonds is 4. The Bertz CT molecular complexity index is 1010. The Hall–Kier alpha value is -5.24. The summed E-state index contributed by atoms with van der Waals surface area (Å²) in [6.07, 6.45) is 0. The Balaban J connectivity index is 0.000000240. The molecule has 0 aliphatic carbocycles. The van der Waals surface area contributed by atoms with Crippen molar-refractivity contribution in [1.82, 2.24) is 0 Å². The monoisotopic (exact) mass is 484 g/mol. The van der Waals surface area contributed by atoms with Gasteiger partial charge in [-0.2, -0.15) is 0 Å². The summed E-state index contributed by atoms with van der Waals surface area (Å²) in [5.41, 5.74) is 0.880. The molecule has 8 heteroatoms. The second-order valence-electron chi connectivity index (χ2n) is 6.61. The standard InChI is InChI=1S/4C7H6O2/c4*8-7(9)6-4-2-1-3-5-6/h4*1-5H,(H,8,9)/p-4. The van der Waals surface area contributed by atoms with Crippen LogP contribution in [0.2, 0.25) is 0 Å². The van der Waals surface area contributed by atoms with Gasteiger partial charge in [0.15, 0.2) is 0 Å². The van der Waals surface area contributed by atoms with Gasteiger partial charge in [-0.05, 0) is 22.3 Å². The zero-order chi connectivity index (χ0) is 26.8. The maximum absolute atomic E-state index is 10.1. The van der Waals surface area contributed by atoms with E-state index in [1.54, 1.807) is 72.8 Å². The number of benzene rings is 4. The van der Waals surface area contributed by atoms with Gasteiger partial charge >= 0.3 is 0 Å². The summed E-state index contributed by atoms with van der Waals surface area (Å²) < 4.78 is 0. The number of hydrogen-bond donors (Lipinski definition) is 0. The first-order valence-electron chi connectivity index (χ1n) is 10.3. The highest BCUT2D eigenvalue weighted by Crippen LogP contribution is 1.96. The highest BCUT2D eigenvalue weighted by molar-refractivity contribution is 5.86. The highest BCUT2D eigenvalue weighted by Gasteiger charge is 1.88. The quantitative estimate of drug-likeness (QED) is 0.397. The van der Waals surface area contributed by atoms with Gasteiger partial charge in [-0.3, -0.25) is 0 Å². The van der Waals surface area contributed by atoms with E-state index in [-0.39, 0.29) is 22.3 Å². The number of carbonyl (C=O) groups excluding carboxylic acids is 4. The van der Waals surface area contributed by atoms with Crippen LogP contribution in [0.4, 0.5) is 0 Å². The van der Waals surface area contributed by atoms with Crippen molar-refractivity contribution < 1.29 is 39.6 Å². The largest absolute Gasteiger partial charge is 0.545 e. The zero-order valence-corrected chi connectivity index (χ0v) is 18.8. The summed E-state index contributed by atoms with van der Waals surface area (Å²) in [6, 6.07) is 32.3. The van der Waals surface area contributed by atoms with Gasteiger partial charge in [-0.15, -0.1) is 0 Å². The van der Waals surface area contributed by atoms with Crippen molar-refractivity contribution in [3.05, 3.63) is 144 Å². The van der Waals surface area contributed by atoms with Crippen molar-refractivity contribution in [2.45, 2.75) is 0 Å². The third kappa shape index (κ3) is 12.1. The topological polar surface area (TPSA) is 161 Å². The van der Waals surface area contributed by atoms with Crippen LogP contribution in [-0.4, -0.2) is 23.9 Å². The van der Waals surface area contributed by atoms with Crippen LogP contribution in [0, 0.1) is 0 Å². The number of carboxylic acid groups (broad SMARTS) is 4. The van der Waals surface area contributed by atoms with E-state index in [9.17, 15) is 39.6 Å². The van der Waals surface area contributed by atoms with Crippen molar-refractivity contribution in [3.8, 4) is 0 Å². The van der Waals surface area contributed by atoms with Crippen LogP contribution in [-0.2, 0) is 0 Å². The molecular formula is C28H20O8-4. The molecule has 0 aliphatic heterocycles. The molecule has 0 heterocycles. The Morgan fingerprint density at radius 3 is 0.528 bits per heavy atom. The Labute approximate surface area is 207 Å². The van der Waals surface area contributed by atoms with E-state index < -0.39 is 23.9 Å². The molecule has 0 saturated heterocycles. The van der Waals surface area contributed by atoms with Gasteiger partial charge < -0.3 is 39.6 Å². The lowest BCUT2D eigenvalue weighted by atomic mass is 10.2. The summed E-state index contributed by atoms with van der Waals surface area (Å²) >= 11 is 0. The van der Waals surface area contributed by atoms with Crippen molar-refractivity contribution >= 4 is 23.9 Å². The summed E-state index contributed by atoms with van der Waals surface area (Å²) in [6.45, 7) is 0. The van der Waals surface area contributed by atoms with Crippen molar-refractivity contribution in [3.63, 3.8) is 0 Å². The molecule has 0 saturated carbocycles. The fraction of sp³-hybridized carbons (Fsp3) is 0. The number of aromatic carboxylic acids is 4. The molecule has 0 spiro atoms. The van der Waals surface area contributed by atoms with Gasteiger partial charge in [0.05, 0.1) is 23.9 Å². The first kappa shape index (κ1) is 28.8. The molecule has 0 N–H and O–H groups in total. The van der Waals surface area contributed by atoms with Gasteiger partial charge in [0.1, 0.15) is 0 Å². The fourth-order valence-corrected chi connectivity index (χ4v) is 2.30. The normalized spacial score (nSPS) is 8.89. The second-order valence-corrected chi connectivity index (χ2v) is 6.61. The van der Waals surface area contributed by atoms with E-state index in [0.29, 0.717) is 0 Å². The minimum Gasteiger partial charge on any atom is -0.545 e. The van der Waals surface area contributed by atoms with E-state index in [2.05, 4.69) is 0 Å². The molecule has 0 atom stereocenters. The summed E-state index contributed by atoms with van der Waals surface area (Å²) in [7, 11) is 0. The smallest absolute Gasteiger partial charge is 0.0715 e. The molecule has 0 amide bonds. The fourth-order valence-electron chi connectivity index (χ4n) is 2.30. The lowest BCUT2D eigenvalue weighted by Gasteiger charge is -1.97. The van der Waals surface area contributed by atoms with Gasteiger partial charge in [0.2, 0.25) is 0 Å². The SMILES string of the molecule is O=C([O-])c1ccccc1.O=C([O-])c1ccccc1.O=C([O-])c1ccccc1.O=C([O-])c1ccccc1. The van der Waals surface area contributed by atoms with Gasteiger partial charge in [-0.25, -0.2) is 0 Å². The van der Waals surface area contributed by atoms with Crippen LogP contribution < -0.4 is 20.4 Å². The lowest BCUT2D eigenvalue weighted by Crippen LogP contribution is -2.21. The van der Waals surface area contributed by atoms with E-state index in [4.69, 9.17) is 0 Å². The van der Waals surface area contributed by atoms with Gasteiger partial charge in [-0.1, -0.05) is 121 Å². The average molecular weight is 484 g/mol. The molecule has 184 valence electrons. The van der Waals surface area contributed by atoms with Gasteiger partial charge in [0.25, 0.3) is 0 Å². The molecule has 0 bridgehead atoms. The molecule has 0 unspecified atom stereocenters. The Morgan fingerprint density at radius 2 is 0.444 bits per heavy atom. The maximum Gasteiger partial charge on any atom is 0.0715 e. The zero-order valence-electron chi connectivity index (χ0n) is 18.8. The summed E-state index contributed by atoms with van der Waals surface area (Å²) in [4.78, 5) is 40.4. The van der Waals surface area contributed by atoms with Crippen LogP contribution >= 0.6 is 0 Å². The van der Waals surface area contributed by atoms with Crippen LogP contribution in [0.1, 0.15) is 41.4 Å². The molecule has 0 aliphatic rings.